The molecule has 124 valence electrons. The minimum Gasteiger partial charge on any atom is -0.497 e. The summed E-state index contributed by atoms with van der Waals surface area (Å²) in [4.78, 5) is 24.3. The molecular formula is C16H15N3O4S. The number of nitrogens with one attached hydrogen (secondary N) is 1. The SMILES string of the molecule is CCCc1nnc(NC(=O)c2cc(=O)oc3cc(OC)ccc23)s1. The summed E-state index contributed by atoms with van der Waals surface area (Å²) >= 11 is 1.32. The number of methoxy groups -OCH3 is 1. The number of carbonyl (C=O) groups is 1. The molecule has 0 fully saturated rings. The largest absolute Gasteiger partial charge is 0.497 e. The number of carbonyl (C=O) groups excluding carboxylic acids is 1. The Morgan fingerprint density at radius 1 is 1.33 bits per heavy atom. The van der Waals surface area contributed by atoms with Gasteiger partial charge in [0.15, 0.2) is 0 Å². The second-order valence-corrected chi connectivity index (χ2v) is 6.11. The zero-order valence-electron chi connectivity index (χ0n) is 13.2. The van der Waals surface area contributed by atoms with Gasteiger partial charge in [-0.05, 0) is 18.6 Å². The number of nitrogens with zero attached hydrogens (tertiary/aromatic N) is 2. The molecule has 0 aliphatic carbocycles. The van der Waals surface area contributed by atoms with Crippen LogP contribution in [0.15, 0.2) is 33.5 Å². The van der Waals surface area contributed by atoms with Crippen molar-refractivity contribution >= 4 is 33.3 Å². The van der Waals surface area contributed by atoms with E-state index in [-0.39, 0.29) is 11.1 Å². The molecule has 3 aromatic rings. The number of aryl methyl sites for hydroxylation is 1. The third-order valence-electron chi connectivity index (χ3n) is 3.35. The van der Waals surface area contributed by atoms with Gasteiger partial charge < -0.3 is 9.15 Å². The lowest BCUT2D eigenvalue weighted by atomic mass is 10.1. The molecular weight excluding hydrogens is 330 g/mol. The maximum Gasteiger partial charge on any atom is 0.337 e. The van der Waals surface area contributed by atoms with Gasteiger partial charge in [-0.25, -0.2) is 4.79 Å². The first-order valence-corrected chi connectivity index (χ1v) is 8.18. The van der Waals surface area contributed by atoms with Crippen LogP contribution in [0.1, 0.15) is 28.7 Å². The summed E-state index contributed by atoms with van der Waals surface area (Å²) in [6, 6.07) is 6.11. The van der Waals surface area contributed by atoms with E-state index in [9.17, 15) is 9.59 Å². The van der Waals surface area contributed by atoms with Gasteiger partial charge in [-0.1, -0.05) is 18.3 Å². The minimum absolute atomic E-state index is 0.219. The van der Waals surface area contributed by atoms with Gasteiger partial charge in [-0.2, -0.15) is 0 Å². The molecule has 0 saturated carbocycles. The number of ether oxygens (including phenoxy) is 1. The van der Waals surface area contributed by atoms with Crippen molar-refractivity contribution in [2.75, 3.05) is 12.4 Å². The molecule has 8 heteroatoms. The summed E-state index contributed by atoms with van der Waals surface area (Å²) in [6.45, 7) is 2.04. The van der Waals surface area contributed by atoms with Crippen LogP contribution in [0.5, 0.6) is 5.75 Å². The number of rotatable bonds is 5. The van der Waals surface area contributed by atoms with Gasteiger partial charge in [-0.15, -0.1) is 10.2 Å². The van der Waals surface area contributed by atoms with Crippen LogP contribution in [-0.2, 0) is 6.42 Å². The van der Waals surface area contributed by atoms with Crippen LogP contribution >= 0.6 is 11.3 Å². The Hall–Kier alpha value is -2.74. The molecule has 0 spiro atoms. The van der Waals surface area contributed by atoms with Crippen molar-refractivity contribution in [2.24, 2.45) is 0 Å². The molecule has 0 bridgehead atoms. The quantitative estimate of drug-likeness (QED) is 0.715. The molecule has 2 aromatic heterocycles. The zero-order chi connectivity index (χ0) is 17.1. The molecule has 0 unspecified atom stereocenters. The van der Waals surface area contributed by atoms with E-state index in [1.165, 1.54) is 18.4 Å². The highest BCUT2D eigenvalue weighted by molar-refractivity contribution is 7.15. The molecule has 7 nitrogen and oxygen atoms in total. The molecule has 1 aromatic carbocycles. The smallest absolute Gasteiger partial charge is 0.337 e. The van der Waals surface area contributed by atoms with E-state index in [2.05, 4.69) is 15.5 Å². The van der Waals surface area contributed by atoms with E-state index < -0.39 is 11.5 Å². The summed E-state index contributed by atoms with van der Waals surface area (Å²) in [6.07, 6.45) is 1.76. The first kappa shape index (κ1) is 16.1. The van der Waals surface area contributed by atoms with Crippen LogP contribution < -0.4 is 15.7 Å². The van der Waals surface area contributed by atoms with Gasteiger partial charge in [0.2, 0.25) is 5.13 Å². The highest BCUT2D eigenvalue weighted by Gasteiger charge is 2.16. The maximum atomic E-state index is 12.5. The molecule has 1 amide bonds. The highest BCUT2D eigenvalue weighted by Crippen LogP contribution is 2.24. The minimum atomic E-state index is -0.607. The van der Waals surface area contributed by atoms with Gasteiger partial charge in [0.25, 0.3) is 5.91 Å². The van der Waals surface area contributed by atoms with E-state index >= 15 is 0 Å². The Balaban J connectivity index is 1.95. The van der Waals surface area contributed by atoms with Crippen LogP contribution in [0.2, 0.25) is 0 Å². The van der Waals surface area contributed by atoms with Crippen LogP contribution in [0.3, 0.4) is 0 Å². The number of fused-ring (bicyclic) bond motifs is 1. The number of hydrogen-bond acceptors (Lipinski definition) is 7. The second kappa shape index (κ2) is 6.79. The standard InChI is InChI=1S/C16H15N3O4S/c1-3-4-13-18-19-16(24-13)17-15(21)11-8-14(20)23-12-7-9(22-2)5-6-10(11)12/h5-8H,3-4H2,1-2H3,(H,17,19,21). The number of anilines is 1. The van der Waals surface area contributed by atoms with Crippen LogP contribution in [0.4, 0.5) is 5.13 Å². The van der Waals surface area contributed by atoms with Crippen molar-refractivity contribution in [1.82, 2.24) is 10.2 Å². The van der Waals surface area contributed by atoms with E-state index in [1.54, 1.807) is 18.2 Å². The fraction of sp³-hybridized carbons (Fsp3) is 0.250. The first-order chi connectivity index (χ1) is 11.6. The predicted molar refractivity (Wildman–Crippen MR) is 90.9 cm³/mol. The third kappa shape index (κ3) is 3.28. The lowest BCUT2D eigenvalue weighted by molar-refractivity contribution is 0.102. The van der Waals surface area contributed by atoms with Crippen LogP contribution in [0, 0.1) is 0 Å². The first-order valence-electron chi connectivity index (χ1n) is 7.36. The van der Waals surface area contributed by atoms with Crippen molar-refractivity contribution in [3.05, 3.63) is 45.3 Å². The van der Waals surface area contributed by atoms with Gasteiger partial charge >= 0.3 is 5.63 Å². The average molecular weight is 345 g/mol. The van der Waals surface area contributed by atoms with E-state index in [0.717, 1.165) is 23.9 Å². The zero-order valence-corrected chi connectivity index (χ0v) is 14.0. The fourth-order valence-corrected chi connectivity index (χ4v) is 3.08. The number of aromatic nitrogens is 2. The summed E-state index contributed by atoms with van der Waals surface area (Å²) in [7, 11) is 1.51. The Bertz CT molecular complexity index is 948. The summed E-state index contributed by atoms with van der Waals surface area (Å²) in [5, 5.41) is 12.4. The third-order valence-corrected chi connectivity index (χ3v) is 4.25. The maximum absolute atomic E-state index is 12.5. The van der Waals surface area contributed by atoms with Crippen LogP contribution in [-0.4, -0.2) is 23.2 Å². The van der Waals surface area contributed by atoms with Crippen molar-refractivity contribution in [3.8, 4) is 5.75 Å². The Kier molecular flexibility index (Phi) is 4.57. The average Bonchev–Trinajstić information content (AvgIpc) is 3.00. The van der Waals surface area contributed by atoms with E-state index in [0.29, 0.717) is 16.3 Å². The number of hydrogen-bond donors (Lipinski definition) is 1. The second-order valence-electron chi connectivity index (χ2n) is 5.05. The van der Waals surface area contributed by atoms with Crippen molar-refractivity contribution in [1.29, 1.82) is 0 Å². The molecule has 24 heavy (non-hydrogen) atoms. The van der Waals surface area contributed by atoms with Gasteiger partial charge in [-0.3, -0.25) is 10.1 Å². The fourth-order valence-electron chi connectivity index (χ4n) is 2.24. The van der Waals surface area contributed by atoms with Crippen molar-refractivity contribution in [3.63, 3.8) is 0 Å². The molecule has 1 N–H and O–H groups in total. The van der Waals surface area contributed by atoms with Crippen molar-refractivity contribution < 1.29 is 13.9 Å². The predicted octanol–water partition coefficient (Wildman–Crippen LogP) is 2.86. The van der Waals surface area contributed by atoms with Crippen molar-refractivity contribution in [2.45, 2.75) is 19.8 Å². The lowest BCUT2D eigenvalue weighted by Crippen LogP contribution is -2.15. The molecule has 2 heterocycles. The van der Waals surface area contributed by atoms with Gasteiger partial charge in [0.05, 0.1) is 12.7 Å². The summed E-state index contributed by atoms with van der Waals surface area (Å²) < 4.78 is 10.2. The van der Waals surface area contributed by atoms with E-state index in [1.807, 2.05) is 6.92 Å². The Morgan fingerprint density at radius 2 is 2.17 bits per heavy atom. The molecule has 0 aliphatic heterocycles. The Morgan fingerprint density at radius 3 is 2.92 bits per heavy atom. The van der Waals surface area contributed by atoms with Gasteiger partial charge in [0, 0.05) is 23.9 Å². The normalized spacial score (nSPS) is 10.8. The Labute approximate surface area is 141 Å². The summed E-state index contributed by atoms with van der Waals surface area (Å²) in [5.41, 5.74) is -0.100. The lowest BCUT2D eigenvalue weighted by Gasteiger charge is -2.06. The topological polar surface area (TPSA) is 94.3 Å². The molecule has 0 atom stereocenters. The molecule has 0 aliphatic rings. The number of amides is 1. The number of benzene rings is 1. The molecule has 0 radical (unpaired) electrons. The van der Waals surface area contributed by atoms with Crippen LogP contribution in [0.25, 0.3) is 11.0 Å². The highest BCUT2D eigenvalue weighted by atomic mass is 32.1. The molecule has 0 saturated heterocycles. The van der Waals surface area contributed by atoms with E-state index in [4.69, 9.17) is 9.15 Å². The molecule has 3 rings (SSSR count). The summed E-state index contributed by atoms with van der Waals surface area (Å²) in [5.74, 6) is 0.105. The van der Waals surface area contributed by atoms with Gasteiger partial charge in [0.1, 0.15) is 16.3 Å². The monoisotopic (exact) mass is 345 g/mol.